The highest BCUT2D eigenvalue weighted by molar-refractivity contribution is 5.48. The van der Waals surface area contributed by atoms with Crippen LogP contribution in [0, 0.1) is 10.1 Å². The van der Waals surface area contributed by atoms with Gasteiger partial charge in [0.2, 0.25) is 0 Å². The Balaban J connectivity index is 2.85. The van der Waals surface area contributed by atoms with E-state index in [9.17, 15) is 10.1 Å². The van der Waals surface area contributed by atoms with Crippen molar-refractivity contribution in [3.63, 3.8) is 0 Å². The van der Waals surface area contributed by atoms with Gasteiger partial charge >= 0.3 is 5.69 Å². The number of hydrogen-bond donors (Lipinski definition) is 1. The molecule has 1 aromatic rings. The molecule has 0 spiro atoms. The molecule has 0 saturated carbocycles. The van der Waals surface area contributed by atoms with Crippen LogP contribution in [0.2, 0.25) is 0 Å². The first kappa shape index (κ1) is 17.4. The lowest BCUT2D eigenvalue weighted by Crippen LogP contribution is -2.35. The standard InChI is InChI=1S/C15H24N2O4/c1-4-8-16-13(11-20-3)9-12-6-7-14(17(18)19)15(10-12)21-5-2/h6-7,10,13,16H,4-5,8-9,11H2,1-3H3. The summed E-state index contributed by atoms with van der Waals surface area (Å²) in [5.74, 6) is 0.326. The van der Waals surface area contributed by atoms with Gasteiger partial charge in [-0.15, -0.1) is 0 Å². The molecular weight excluding hydrogens is 272 g/mol. The molecule has 1 aromatic carbocycles. The van der Waals surface area contributed by atoms with E-state index in [2.05, 4.69) is 12.2 Å². The van der Waals surface area contributed by atoms with E-state index in [4.69, 9.17) is 9.47 Å². The summed E-state index contributed by atoms with van der Waals surface area (Å²) < 4.78 is 10.6. The Morgan fingerprint density at radius 2 is 2.14 bits per heavy atom. The van der Waals surface area contributed by atoms with Crippen molar-refractivity contribution >= 4 is 5.69 Å². The number of nitro benzene ring substituents is 1. The lowest BCUT2D eigenvalue weighted by atomic mass is 10.1. The summed E-state index contributed by atoms with van der Waals surface area (Å²) in [5, 5.41) is 14.4. The van der Waals surface area contributed by atoms with E-state index in [1.165, 1.54) is 6.07 Å². The monoisotopic (exact) mass is 296 g/mol. The highest BCUT2D eigenvalue weighted by atomic mass is 16.6. The fourth-order valence-corrected chi connectivity index (χ4v) is 2.13. The third kappa shape index (κ3) is 5.69. The van der Waals surface area contributed by atoms with Crippen LogP contribution in [-0.4, -0.2) is 37.8 Å². The highest BCUT2D eigenvalue weighted by Crippen LogP contribution is 2.28. The van der Waals surface area contributed by atoms with Crippen molar-refractivity contribution in [3.8, 4) is 5.75 Å². The van der Waals surface area contributed by atoms with Gasteiger partial charge in [-0.2, -0.15) is 0 Å². The smallest absolute Gasteiger partial charge is 0.310 e. The molecule has 0 amide bonds. The van der Waals surface area contributed by atoms with Crippen molar-refractivity contribution in [3.05, 3.63) is 33.9 Å². The fraction of sp³-hybridized carbons (Fsp3) is 0.600. The van der Waals surface area contributed by atoms with Crippen molar-refractivity contribution in [2.75, 3.05) is 26.9 Å². The van der Waals surface area contributed by atoms with Crippen LogP contribution < -0.4 is 10.1 Å². The average Bonchev–Trinajstić information content (AvgIpc) is 2.45. The summed E-state index contributed by atoms with van der Waals surface area (Å²) >= 11 is 0. The topological polar surface area (TPSA) is 73.6 Å². The molecular formula is C15H24N2O4. The van der Waals surface area contributed by atoms with Crippen LogP contribution >= 0.6 is 0 Å². The average molecular weight is 296 g/mol. The van der Waals surface area contributed by atoms with Crippen LogP contribution in [-0.2, 0) is 11.2 Å². The number of rotatable bonds is 10. The SMILES string of the molecule is CCCNC(COC)Cc1ccc([N+](=O)[O-])c(OCC)c1. The molecule has 1 rings (SSSR count). The molecule has 21 heavy (non-hydrogen) atoms. The number of nitrogens with one attached hydrogen (secondary N) is 1. The molecule has 0 bridgehead atoms. The molecule has 0 heterocycles. The minimum absolute atomic E-state index is 0.00501. The third-order valence-electron chi connectivity index (χ3n) is 3.05. The zero-order valence-corrected chi connectivity index (χ0v) is 12.9. The molecule has 0 aliphatic rings. The zero-order valence-electron chi connectivity index (χ0n) is 12.9. The number of methoxy groups -OCH3 is 1. The molecule has 0 radical (unpaired) electrons. The summed E-state index contributed by atoms with van der Waals surface area (Å²) in [4.78, 5) is 10.5. The summed E-state index contributed by atoms with van der Waals surface area (Å²) in [6, 6.07) is 5.21. The van der Waals surface area contributed by atoms with E-state index in [0.29, 0.717) is 19.0 Å². The molecule has 6 heteroatoms. The second-order valence-electron chi connectivity index (χ2n) is 4.80. The largest absolute Gasteiger partial charge is 0.487 e. The van der Waals surface area contributed by atoms with E-state index in [0.717, 1.165) is 24.9 Å². The van der Waals surface area contributed by atoms with Crippen molar-refractivity contribution in [1.29, 1.82) is 0 Å². The van der Waals surface area contributed by atoms with Crippen LogP contribution in [0.25, 0.3) is 0 Å². The van der Waals surface area contributed by atoms with Gasteiger partial charge in [0.15, 0.2) is 5.75 Å². The molecule has 0 fully saturated rings. The second kappa shape index (κ2) is 9.31. The van der Waals surface area contributed by atoms with E-state index in [1.807, 2.05) is 6.92 Å². The number of nitro groups is 1. The maximum Gasteiger partial charge on any atom is 0.310 e. The van der Waals surface area contributed by atoms with Crippen LogP contribution in [0.1, 0.15) is 25.8 Å². The van der Waals surface area contributed by atoms with Crippen molar-refractivity contribution < 1.29 is 14.4 Å². The van der Waals surface area contributed by atoms with Gasteiger partial charge in [-0.05, 0) is 37.9 Å². The minimum atomic E-state index is -0.420. The Kier molecular flexibility index (Phi) is 7.71. The molecule has 0 aromatic heterocycles. The summed E-state index contributed by atoms with van der Waals surface area (Å²) in [6.45, 7) is 5.84. The first-order valence-corrected chi connectivity index (χ1v) is 7.24. The van der Waals surface area contributed by atoms with Gasteiger partial charge in [0.25, 0.3) is 0 Å². The molecule has 0 aliphatic carbocycles. The van der Waals surface area contributed by atoms with Gasteiger partial charge in [0, 0.05) is 19.2 Å². The Labute approximate surface area is 125 Å². The number of hydrogen-bond acceptors (Lipinski definition) is 5. The second-order valence-corrected chi connectivity index (χ2v) is 4.80. The molecule has 118 valence electrons. The van der Waals surface area contributed by atoms with Crippen LogP contribution in [0.15, 0.2) is 18.2 Å². The molecule has 0 saturated heterocycles. The van der Waals surface area contributed by atoms with E-state index < -0.39 is 4.92 Å². The van der Waals surface area contributed by atoms with E-state index in [-0.39, 0.29) is 11.7 Å². The van der Waals surface area contributed by atoms with E-state index >= 15 is 0 Å². The molecule has 0 aliphatic heterocycles. The van der Waals surface area contributed by atoms with Crippen molar-refractivity contribution in [1.82, 2.24) is 5.32 Å². The van der Waals surface area contributed by atoms with Gasteiger partial charge in [0.1, 0.15) is 0 Å². The summed E-state index contributed by atoms with van der Waals surface area (Å²) in [6.07, 6.45) is 1.79. The number of nitrogens with zero attached hydrogens (tertiary/aromatic N) is 1. The lowest BCUT2D eigenvalue weighted by molar-refractivity contribution is -0.385. The van der Waals surface area contributed by atoms with Gasteiger partial charge < -0.3 is 14.8 Å². The molecule has 1 unspecified atom stereocenters. The van der Waals surface area contributed by atoms with Gasteiger partial charge in [-0.1, -0.05) is 13.0 Å². The van der Waals surface area contributed by atoms with Crippen LogP contribution in [0.4, 0.5) is 5.69 Å². The lowest BCUT2D eigenvalue weighted by Gasteiger charge is -2.18. The van der Waals surface area contributed by atoms with Gasteiger partial charge in [0.05, 0.1) is 18.1 Å². The third-order valence-corrected chi connectivity index (χ3v) is 3.05. The first-order valence-electron chi connectivity index (χ1n) is 7.24. The summed E-state index contributed by atoms with van der Waals surface area (Å²) in [5.41, 5.74) is 1.00. The maximum atomic E-state index is 11.0. The molecule has 6 nitrogen and oxygen atoms in total. The van der Waals surface area contributed by atoms with Crippen LogP contribution in [0.3, 0.4) is 0 Å². The van der Waals surface area contributed by atoms with Crippen LogP contribution in [0.5, 0.6) is 5.75 Å². The van der Waals surface area contributed by atoms with Gasteiger partial charge in [-0.25, -0.2) is 0 Å². The predicted octanol–water partition coefficient (Wildman–Crippen LogP) is 2.55. The number of ether oxygens (including phenoxy) is 2. The summed E-state index contributed by atoms with van der Waals surface area (Å²) in [7, 11) is 1.67. The fourth-order valence-electron chi connectivity index (χ4n) is 2.13. The van der Waals surface area contributed by atoms with Gasteiger partial charge in [-0.3, -0.25) is 10.1 Å². The normalized spacial score (nSPS) is 12.1. The van der Waals surface area contributed by atoms with E-state index in [1.54, 1.807) is 19.2 Å². The Morgan fingerprint density at radius 3 is 2.71 bits per heavy atom. The molecule has 1 N–H and O–H groups in total. The molecule has 1 atom stereocenters. The Morgan fingerprint density at radius 1 is 1.38 bits per heavy atom. The predicted molar refractivity (Wildman–Crippen MR) is 81.9 cm³/mol. The highest BCUT2D eigenvalue weighted by Gasteiger charge is 2.17. The minimum Gasteiger partial charge on any atom is -0.487 e. The quantitative estimate of drug-likeness (QED) is 0.530. The Bertz CT molecular complexity index is 451. The zero-order chi connectivity index (χ0) is 15.7. The number of benzene rings is 1. The first-order chi connectivity index (χ1) is 10.1. The maximum absolute atomic E-state index is 11.0. The van der Waals surface area contributed by atoms with Crippen molar-refractivity contribution in [2.45, 2.75) is 32.7 Å². The van der Waals surface area contributed by atoms with Crippen molar-refractivity contribution in [2.24, 2.45) is 0 Å². The Hall–Kier alpha value is -1.66.